The lowest BCUT2D eigenvalue weighted by Gasteiger charge is -2.35. The van der Waals surface area contributed by atoms with Crippen LogP contribution in [0.4, 0.5) is 4.39 Å². The first-order valence-corrected chi connectivity index (χ1v) is 10.7. The molecule has 164 valence electrons. The van der Waals surface area contributed by atoms with Crippen LogP contribution < -0.4 is 10.6 Å². The smallest absolute Gasteiger partial charge is 0.191 e. The Balaban J connectivity index is 1.92. The number of nitrogens with one attached hydrogen (secondary N) is 2. The number of morpholine rings is 1. The Kier molecular flexibility index (Phi) is 10.4. The molecule has 2 rings (SSSR count). The molecule has 1 aromatic rings. The number of hydrogen-bond donors (Lipinski definition) is 2. The van der Waals surface area contributed by atoms with Gasteiger partial charge in [0, 0.05) is 39.8 Å². The summed E-state index contributed by atoms with van der Waals surface area (Å²) in [5, 5.41) is 6.82. The summed E-state index contributed by atoms with van der Waals surface area (Å²) in [7, 11) is 1.78. The molecule has 1 fully saturated rings. The Bertz CT molecular complexity index is 603. The predicted molar refractivity (Wildman–Crippen MR) is 116 cm³/mol. The highest BCUT2D eigenvalue weighted by molar-refractivity contribution is 5.79. The van der Waals surface area contributed by atoms with Crippen LogP contribution in [0.3, 0.4) is 0 Å². The molecule has 2 N–H and O–H groups in total. The highest BCUT2D eigenvalue weighted by Crippen LogP contribution is 2.21. The molecule has 0 bridgehead atoms. The molecule has 0 aromatic heterocycles. The van der Waals surface area contributed by atoms with Gasteiger partial charge in [-0.3, -0.25) is 9.89 Å². The van der Waals surface area contributed by atoms with Gasteiger partial charge in [0.2, 0.25) is 0 Å². The quantitative estimate of drug-likeness (QED) is 0.461. The van der Waals surface area contributed by atoms with Crippen molar-refractivity contribution in [2.75, 3.05) is 53.0 Å². The average molecular weight is 409 g/mol. The molecule has 1 aliphatic heterocycles. The van der Waals surface area contributed by atoms with Crippen LogP contribution in [0.2, 0.25) is 0 Å². The van der Waals surface area contributed by atoms with E-state index in [0.717, 1.165) is 57.4 Å². The highest BCUT2D eigenvalue weighted by atomic mass is 19.1. The van der Waals surface area contributed by atoms with Gasteiger partial charge in [-0.1, -0.05) is 26.0 Å². The van der Waals surface area contributed by atoms with Crippen LogP contribution >= 0.6 is 0 Å². The van der Waals surface area contributed by atoms with Crippen molar-refractivity contribution < 1.29 is 13.9 Å². The fourth-order valence-corrected chi connectivity index (χ4v) is 3.60. The summed E-state index contributed by atoms with van der Waals surface area (Å²) in [5.41, 5.74) is 1.09. The number of nitrogens with zero attached hydrogens (tertiary/aromatic N) is 2. The zero-order valence-corrected chi connectivity index (χ0v) is 18.3. The summed E-state index contributed by atoms with van der Waals surface area (Å²) >= 11 is 0. The van der Waals surface area contributed by atoms with E-state index in [1.54, 1.807) is 7.05 Å². The lowest BCUT2D eigenvalue weighted by atomic mass is 10.0. The van der Waals surface area contributed by atoms with E-state index in [9.17, 15) is 4.39 Å². The van der Waals surface area contributed by atoms with Crippen LogP contribution in [-0.4, -0.2) is 70.0 Å². The highest BCUT2D eigenvalue weighted by Gasteiger charge is 2.23. The van der Waals surface area contributed by atoms with E-state index < -0.39 is 0 Å². The Labute approximate surface area is 174 Å². The Hall–Kier alpha value is -1.70. The van der Waals surface area contributed by atoms with Gasteiger partial charge >= 0.3 is 0 Å². The number of halogens is 1. The van der Waals surface area contributed by atoms with Gasteiger partial charge in [-0.2, -0.15) is 0 Å². The minimum Gasteiger partial charge on any atom is -0.379 e. The van der Waals surface area contributed by atoms with Crippen molar-refractivity contribution in [3.05, 3.63) is 35.6 Å². The Morgan fingerprint density at radius 3 is 2.48 bits per heavy atom. The number of ether oxygens (including phenoxy) is 2. The number of benzene rings is 1. The third-order valence-electron chi connectivity index (χ3n) is 5.27. The van der Waals surface area contributed by atoms with Crippen LogP contribution in [0.15, 0.2) is 29.3 Å². The second-order valence-corrected chi connectivity index (χ2v) is 7.62. The second-order valence-electron chi connectivity index (χ2n) is 7.62. The standard InChI is InChI=1S/C22H37FN4O2/c1-5-29-21(17(2)3)10-11-25-22(24-4)26-16-20(27-12-14-28-15-13-27)18-6-8-19(23)9-7-18/h6-9,17,20-21H,5,10-16H2,1-4H3,(H2,24,25,26). The van der Waals surface area contributed by atoms with E-state index in [1.807, 2.05) is 19.1 Å². The molecule has 6 nitrogen and oxygen atoms in total. The van der Waals surface area contributed by atoms with E-state index in [-0.39, 0.29) is 18.0 Å². The van der Waals surface area contributed by atoms with Crippen LogP contribution in [0.1, 0.15) is 38.8 Å². The van der Waals surface area contributed by atoms with E-state index >= 15 is 0 Å². The van der Waals surface area contributed by atoms with Crippen molar-refractivity contribution in [3.8, 4) is 0 Å². The molecule has 1 heterocycles. The molecule has 2 atom stereocenters. The average Bonchev–Trinajstić information content (AvgIpc) is 2.73. The Morgan fingerprint density at radius 2 is 1.90 bits per heavy atom. The third-order valence-corrected chi connectivity index (χ3v) is 5.27. The molecule has 0 aliphatic carbocycles. The van der Waals surface area contributed by atoms with Gasteiger partial charge in [-0.25, -0.2) is 4.39 Å². The normalized spacial score (nSPS) is 17.9. The second kappa shape index (κ2) is 12.8. The zero-order chi connectivity index (χ0) is 21.1. The fourth-order valence-electron chi connectivity index (χ4n) is 3.60. The van der Waals surface area contributed by atoms with E-state index in [4.69, 9.17) is 9.47 Å². The number of hydrogen-bond acceptors (Lipinski definition) is 4. The largest absolute Gasteiger partial charge is 0.379 e. The molecule has 1 saturated heterocycles. The fraction of sp³-hybridized carbons (Fsp3) is 0.682. The van der Waals surface area contributed by atoms with E-state index in [1.165, 1.54) is 12.1 Å². The molecule has 1 aromatic carbocycles. The van der Waals surface area contributed by atoms with Crippen LogP contribution in [-0.2, 0) is 9.47 Å². The van der Waals surface area contributed by atoms with Crippen molar-refractivity contribution in [2.45, 2.75) is 39.3 Å². The monoisotopic (exact) mass is 408 g/mol. The summed E-state index contributed by atoms with van der Waals surface area (Å²) in [6, 6.07) is 6.90. The number of aliphatic imine (C=N–C) groups is 1. The van der Waals surface area contributed by atoms with Crippen molar-refractivity contribution in [2.24, 2.45) is 10.9 Å². The Morgan fingerprint density at radius 1 is 1.21 bits per heavy atom. The molecule has 0 amide bonds. The van der Waals surface area contributed by atoms with Gasteiger partial charge < -0.3 is 20.1 Å². The van der Waals surface area contributed by atoms with Crippen molar-refractivity contribution in [3.63, 3.8) is 0 Å². The van der Waals surface area contributed by atoms with Crippen LogP contribution in [0, 0.1) is 11.7 Å². The third kappa shape index (κ3) is 7.91. The SMILES string of the molecule is CCOC(CCNC(=NC)NCC(c1ccc(F)cc1)N1CCOCC1)C(C)C. The molecular formula is C22H37FN4O2. The molecule has 0 saturated carbocycles. The first kappa shape index (κ1) is 23.6. The molecule has 0 spiro atoms. The molecule has 2 unspecified atom stereocenters. The lowest BCUT2D eigenvalue weighted by Crippen LogP contribution is -2.46. The first-order chi connectivity index (χ1) is 14.0. The molecule has 7 heteroatoms. The predicted octanol–water partition coefficient (Wildman–Crippen LogP) is 2.82. The maximum atomic E-state index is 13.4. The summed E-state index contributed by atoms with van der Waals surface area (Å²) in [6.45, 7) is 11.8. The minimum absolute atomic E-state index is 0.130. The van der Waals surface area contributed by atoms with Crippen molar-refractivity contribution in [1.82, 2.24) is 15.5 Å². The minimum atomic E-state index is -0.214. The summed E-state index contributed by atoms with van der Waals surface area (Å²) in [5.74, 6) is 1.04. The number of rotatable bonds is 10. The maximum Gasteiger partial charge on any atom is 0.191 e. The van der Waals surface area contributed by atoms with Gasteiger partial charge in [0.05, 0.1) is 25.4 Å². The maximum absolute atomic E-state index is 13.4. The first-order valence-electron chi connectivity index (χ1n) is 10.7. The summed E-state index contributed by atoms with van der Waals surface area (Å²) < 4.78 is 24.7. The van der Waals surface area contributed by atoms with E-state index in [0.29, 0.717) is 12.5 Å². The topological polar surface area (TPSA) is 58.1 Å². The number of guanidine groups is 1. The van der Waals surface area contributed by atoms with Gasteiger partial charge in [-0.05, 0) is 37.0 Å². The zero-order valence-electron chi connectivity index (χ0n) is 18.3. The van der Waals surface area contributed by atoms with E-state index in [2.05, 4.69) is 34.4 Å². The molecule has 29 heavy (non-hydrogen) atoms. The van der Waals surface area contributed by atoms with Gasteiger partial charge in [-0.15, -0.1) is 0 Å². The van der Waals surface area contributed by atoms with Crippen LogP contribution in [0.25, 0.3) is 0 Å². The van der Waals surface area contributed by atoms with Gasteiger partial charge in [0.15, 0.2) is 5.96 Å². The summed E-state index contributed by atoms with van der Waals surface area (Å²) in [4.78, 5) is 6.73. The van der Waals surface area contributed by atoms with Gasteiger partial charge in [0.25, 0.3) is 0 Å². The molecular weight excluding hydrogens is 371 g/mol. The van der Waals surface area contributed by atoms with Crippen molar-refractivity contribution >= 4 is 5.96 Å². The van der Waals surface area contributed by atoms with Gasteiger partial charge in [0.1, 0.15) is 5.82 Å². The van der Waals surface area contributed by atoms with Crippen LogP contribution in [0.5, 0.6) is 0 Å². The molecule has 1 aliphatic rings. The molecule has 0 radical (unpaired) electrons. The lowest BCUT2D eigenvalue weighted by molar-refractivity contribution is 0.0169. The van der Waals surface area contributed by atoms with Crippen molar-refractivity contribution in [1.29, 1.82) is 0 Å². The summed E-state index contributed by atoms with van der Waals surface area (Å²) in [6.07, 6.45) is 1.17.